The third-order valence-corrected chi connectivity index (χ3v) is 13.9. The smallest absolute Gasteiger partial charge is 0.135 e. The van der Waals surface area contributed by atoms with E-state index in [1.807, 2.05) is 12.1 Å². The van der Waals surface area contributed by atoms with Gasteiger partial charge in [-0.1, -0.05) is 200 Å². The molecule has 1 aliphatic carbocycles. The first-order valence-corrected chi connectivity index (χ1v) is 23.1. The van der Waals surface area contributed by atoms with Crippen molar-refractivity contribution in [2.45, 2.75) is 5.41 Å². The molecule has 2 nitrogen and oxygen atoms in total. The Balaban J connectivity index is 0.993. The van der Waals surface area contributed by atoms with Gasteiger partial charge in [-0.15, -0.1) is 0 Å². The Morgan fingerprint density at radius 2 is 0.896 bits per heavy atom. The third-order valence-electron chi connectivity index (χ3n) is 13.9. The molecule has 1 aromatic heterocycles. The molecule has 13 rings (SSSR count). The molecule has 0 fully saturated rings. The summed E-state index contributed by atoms with van der Waals surface area (Å²) in [6.07, 6.45) is 0. The summed E-state index contributed by atoms with van der Waals surface area (Å²) < 4.78 is 6.24. The van der Waals surface area contributed by atoms with E-state index in [1.165, 1.54) is 55.3 Å². The Bertz CT molecular complexity index is 3770. The van der Waals surface area contributed by atoms with Gasteiger partial charge in [0.2, 0.25) is 0 Å². The number of fused-ring (bicyclic) bond motifs is 7. The predicted octanol–water partition coefficient (Wildman–Crippen LogP) is 17.6. The number of benzene rings is 11. The van der Waals surface area contributed by atoms with E-state index in [0.717, 1.165) is 61.3 Å². The fourth-order valence-electron chi connectivity index (χ4n) is 10.9. The minimum atomic E-state index is -0.507. The topological polar surface area (TPSA) is 16.4 Å². The van der Waals surface area contributed by atoms with Crippen molar-refractivity contribution in [3.05, 3.63) is 283 Å². The molecule has 2 heteroatoms. The van der Waals surface area contributed by atoms with Crippen molar-refractivity contribution < 1.29 is 4.42 Å². The monoisotopic (exact) mass is 853 g/mol. The highest BCUT2D eigenvalue weighted by Gasteiger charge is 2.46. The summed E-state index contributed by atoms with van der Waals surface area (Å²) in [5, 5.41) is 4.72. The SMILES string of the molecule is c1ccc(C2(c3ccccc3)c3ccccc3-c3ccc(-c4ccccc4N(c4ccc(-c5ccc6ccccc6c5)cc4)c4cccc(-c5ccc6oc7ccccc7c6c5)c4)cc32)cc1. The summed E-state index contributed by atoms with van der Waals surface area (Å²) in [4.78, 5) is 2.43. The molecule has 0 atom stereocenters. The molecule has 0 amide bonds. The standard InChI is InChI=1S/C65H43NO/c1-3-19-51(20-4-1)65(52-21-5-2-6-22-52)60-27-12-9-25-56(60)57-38-34-50(43-61(57)65)55-24-10-13-28-62(55)66(53-36-32-45(33-37-53)48-31-30-44-16-7-8-17-46(44)40-48)54-23-15-18-47(41-54)49-35-39-64-59(42-49)58-26-11-14-29-63(58)67-64/h1-43H. The molecule has 0 saturated carbocycles. The van der Waals surface area contributed by atoms with Crippen LogP contribution in [0.4, 0.5) is 17.1 Å². The lowest BCUT2D eigenvalue weighted by Crippen LogP contribution is -2.28. The zero-order valence-electron chi connectivity index (χ0n) is 36.7. The zero-order valence-corrected chi connectivity index (χ0v) is 36.7. The molecule has 0 saturated heterocycles. The molecule has 0 aliphatic heterocycles. The number of hydrogen-bond acceptors (Lipinski definition) is 2. The third kappa shape index (κ3) is 6.33. The quantitative estimate of drug-likeness (QED) is 0.151. The largest absolute Gasteiger partial charge is 0.456 e. The second kappa shape index (κ2) is 15.8. The highest BCUT2D eigenvalue weighted by atomic mass is 16.3. The maximum atomic E-state index is 6.24. The average molecular weight is 854 g/mol. The van der Waals surface area contributed by atoms with Crippen LogP contribution in [0.15, 0.2) is 265 Å². The van der Waals surface area contributed by atoms with E-state index >= 15 is 0 Å². The summed E-state index contributed by atoms with van der Waals surface area (Å²) in [5.74, 6) is 0. The highest BCUT2D eigenvalue weighted by molar-refractivity contribution is 6.06. The lowest BCUT2D eigenvalue weighted by atomic mass is 9.67. The van der Waals surface area contributed by atoms with E-state index in [0.29, 0.717) is 0 Å². The van der Waals surface area contributed by atoms with Gasteiger partial charge in [0.25, 0.3) is 0 Å². The van der Waals surface area contributed by atoms with Crippen LogP contribution in [0.5, 0.6) is 0 Å². The molecular formula is C65H43NO. The fraction of sp³-hybridized carbons (Fsp3) is 0.0154. The number of furan rings is 1. The molecule has 314 valence electrons. The second-order valence-corrected chi connectivity index (χ2v) is 17.6. The van der Waals surface area contributed by atoms with Crippen LogP contribution in [0.25, 0.3) is 77.2 Å². The van der Waals surface area contributed by atoms with Crippen molar-refractivity contribution in [1.82, 2.24) is 0 Å². The Morgan fingerprint density at radius 1 is 0.299 bits per heavy atom. The number of hydrogen-bond donors (Lipinski definition) is 0. The first-order valence-electron chi connectivity index (χ1n) is 23.1. The van der Waals surface area contributed by atoms with Gasteiger partial charge in [-0.25, -0.2) is 0 Å². The lowest BCUT2D eigenvalue weighted by molar-refractivity contribution is 0.669. The van der Waals surface area contributed by atoms with E-state index in [2.05, 4.69) is 254 Å². The lowest BCUT2D eigenvalue weighted by Gasteiger charge is -2.34. The van der Waals surface area contributed by atoms with Crippen molar-refractivity contribution in [3.8, 4) is 44.5 Å². The van der Waals surface area contributed by atoms with Crippen LogP contribution in [0, 0.1) is 0 Å². The van der Waals surface area contributed by atoms with Crippen LogP contribution in [0.3, 0.4) is 0 Å². The van der Waals surface area contributed by atoms with Gasteiger partial charge in [0.15, 0.2) is 0 Å². The first kappa shape index (κ1) is 38.7. The molecule has 0 unspecified atom stereocenters. The molecule has 1 heterocycles. The van der Waals surface area contributed by atoms with Crippen molar-refractivity contribution in [2.75, 3.05) is 4.90 Å². The Labute approximate surface area is 390 Å². The molecule has 0 radical (unpaired) electrons. The molecule has 0 bridgehead atoms. The van der Waals surface area contributed by atoms with Gasteiger partial charge in [0.1, 0.15) is 11.2 Å². The predicted molar refractivity (Wildman–Crippen MR) is 280 cm³/mol. The van der Waals surface area contributed by atoms with Gasteiger partial charge in [-0.2, -0.15) is 0 Å². The maximum absolute atomic E-state index is 6.24. The summed E-state index contributed by atoms with van der Waals surface area (Å²) in [5.41, 5.74) is 19.1. The average Bonchev–Trinajstić information content (AvgIpc) is 3.93. The van der Waals surface area contributed by atoms with E-state index < -0.39 is 5.41 Å². The number of anilines is 3. The molecule has 12 aromatic rings. The Hall–Kier alpha value is -8.72. The van der Waals surface area contributed by atoms with E-state index in [-0.39, 0.29) is 0 Å². The zero-order chi connectivity index (χ0) is 44.3. The Kier molecular flexibility index (Phi) is 9.11. The summed E-state index contributed by atoms with van der Waals surface area (Å²) in [7, 11) is 0. The van der Waals surface area contributed by atoms with E-state index in [9.17, 15) is 0 Å². The van der Waals surface area contributed by atoms with Crippen LogP contribution in [0.2, 0.25) is 0 Å². The molecule has 0 spiro atoms. The van der Waals surface area contributed by atoms with Crippen molar-refractivity contribution >= 4 is 49.8 Å². The number of rotatable bonds is 8. The first-order chi connectivity index (χ1) is 33.2. The van der Waals surface area contributed by atoms with Gasteiger partial charge in [-0.05, 0) is 133 Å². The van der Waals surface area contributed by atoms with Crippen molar-refractivity contribution in [3.63, 3.8) is 0 Å². The van der Waals surface area contributed by atoms with Gasteiger partial charge >= 0.3 is 0 Å². The van der Waals surface area contributed by atoms with Crippen LogP contribution >= 0.6 is 0 Å². The molecule has 0 N–H and O–H groups in total. The fourth-order valence-corrected chi connectivity index (χ4v) is 10.9. The Morgan fingerprint density at radius 3 is 1.72 bits per heavy atom. The summed E-state index contributed by atoms with van der Waals surface area (Å²) >= 11 is 0. The minimum Gasteiger partial charge on any atom is -0.456 e. The van der Waals surface area contributed by atoms with Gasteiger partial charge in [0, 0.05) is 27.7 Å². The molecular weight excluding hydrogens is 811 g/mol. The van der Waals surface area contributed by atoms with Crippen molar-refractivity contribution in [1.29, 1.82) is 0 Å². The normalized spacial score (nSPS) is 12.6. The second-order valence-electron chi connectivity index (χ2n) is 17.6. The maximum Gasteiger partial charge on any atom is 0.135 e. The highest BCUT2D eigenvalue weighted by Crippen LogP contribution is 2.57. The van der Waals surface area contributed by atoms with Crippen LogP contribution < -0.4 is 4.90 Å². The number of para-hydroxylation sites is 2. The molecule has 67 heavy (non-hydrogen) atoms. The van der Waals surface area contributed by atoms with E-state index in [1.54, 1.807) is 0 Å². The van der Waals surface area contributed by atoms with E-state index in [4.69, 9.17) is 4.42 Å². The summed E-state index contributed by atoms with van der Waals surface area (Å²) in [6.45, 7) is 0. The number of nitrogens with zero attached hydrogens (tertiary/aromatic N) is 1. The van der Waals surface area contributed by atoms with Gasteiger partial charge in [0.05, 0.1) is 11.1 Å². The summed E-state index contributed by atoms with van der Waals surface area (Å²) in [6, 6.07) is 95.3. The molecule has 1 aliphatic rings. The van der Waals surface area contributed by atoms with Crippen molar-refractivity contribution in [2.24, 2.45) is 0 Å². The van der Waals surface area contributed by atoms with Gasteiger partial charge < -0.3 is 9.32 Å². The van der Waals surface area contributed by atoms with Crippen LogP contribution in [-0.2, 0) is 5.41 Å². The van der Waals surface area contributed by atoms with Crippen LogP contribution in [0.1, 0.15) is 22.3 Å². The minimum absolute atomic E-state index is 0.507. The molecule has 11 aromatic carbocycles. The van der Waals surface area contributed by atoms with Gasteiger partial charge in [-0.3, -0.25) is 0 Å². The van der Waals surface area contributed by atoms with Crippen LogP contribution in [-0.4, -0.2) is 0 Å².